The molecule has 0 saturated heterocycles. The number of benzene rings is 7. The highest BCUT2D eigenvalue weighted by molar-refractivity contribution is 6.10. The highest BCUT2D eigenvalue weighted by atomic mass is 16.3. The van der Waals surface area contributed by atoms with Crippen molar-refractivity contribution < 1.29 is 4.42 Å². The molecular formula is C46H29N3O. The molecule has 4 heteroatoms. The predicted molar refractivity (Wildman–Crippen MR) is 205 cm³/mol. The molecular weight excluding hydrogens is 611 g/mol. The predicted octanol–water partition coefficient (Wildman–Crippen LogP) is 12.1. The van der Waals surface area contributed by atoms with Gasteiger partial charge in [0.15, 0.2) is 5.82 Å². The van der Waals surface area contributed by atoms with Crippen LogP contribution in [0.15, 0.2) is 180 Å². The Morgan fingerprint density at radius 3 is 1.72 bits per heavy atom. The number of para-hydroxylation sites is 4. The molecule has 0 amide bonds. The van der Waals surface area contributed by atoms with E-state index in [1.54, 1.807) is 0 Å². The van der Waals surface area contributed by atoms with Crippen molar-refractivity contribution in [1.29, 1.82) is 0 Å². The Hall–Kier alpha value is -6.78. The van der Waals surface area contributed by atoms with Crippen molar-refractivity contribution in [3.63, 3.8) is 0 Å². The van der Waals surface area contributed by atoms with Gasteiger partial charge in [0.25, 0.3) is 0 Å². The topological polar surface area (TPSA) is 43.9 Å². The number of aromatic nitrogens is 3. The molecule has 0 saturated carbocycles. The first-order chi connectivity index (χ1) is 24.8. The summed E-state index contributed by atoms with van der Waals surface area (Å²) < 4.78 is 8.80. The van der Waals surface area contributed by atoms with E-state index in [2.05, 4.69) is 156 Å². The minimum Gasteiger partial charge on any atom is -0.455 e. The van der Waals surface area contributed by atoms with Crippen molar-refractivity contribution in [3.8, 4) is 50.7 Å². The Kier molecular flexibility index (Phi) is 6.46. The van der Waals surface area contributed by atoms with Crippen molar-refractivity contribution in [1.82, 2.24) is 14.5 Å². The fourth-order valence-electron chi connectivity index (χ4n) is 7.26. The van der Waals surface area contributed by atoms with Crippen LogP contribution in [0, 0.1) is 0 Å². The van der Waals surface area contributed by atoms with E-state index in [1.807, 2.05) is 24.3 Å². The van der Waals surface area contributed by atoms with Gasteiger partial charge in [0.1, 0.15) is 11.2 Å². The van der Waals surface area contributed by atoms with Crippen LogP contribution in [0.25, 0.3) is 94.5 Å². The van der Waals surface area contributed by atoms with Gasteiger partial charge in [-0.05, 0) is 53.6 Å². The minimum atomic E-state index is 0.622. The number of fused-ring (bicyclic) bond motifs is 6. The Morgan fingerprint density at radius 1 is 0.400 bits per heavy atom. The summed E-state index contributed by atoms with van der Waals surface area (Å²) in [6.07, 6.45) is 0. The lowest BCUT2D eigenvalue weighted by molar-refractivity contribution is 0.669. The van der Waals surface area contributed by atoms with Gasteiger partial charge in [-0.25, -0.2) is 9.97 Å². The summed E-state index contributed by atoms with van der Waals surface area (Å²) in [6, 6.07) is 61.4. The molecule has 0 fully saturated rings. The summed E-state index contributed by atoms with van der Waals surface area (Å²) in [5, 5.41) is 4.60. The zero-order valence-electron chi connectivity index (χ0n) is 27.0. The number of hydrogen-bond acceptors (Lipinski definition) is 3. The van der Waals surface area contributed by atoms with Crippen LogP contribution in [-0.4, -0.2) is 14.5 Å². The van der Waals surface area contributed by atoms with Gasteiger partial charge in [0.05, 0.1) is 28.0 Å². The second kappa shape index (κ2) is 11.4. The molecule has 3 heterocycles. The largest absolute Gasteiger partial charge is 0.455 e. The third-order valence-corrected chi connectivity index (χ3v) is 9.64. The van der Waals surface area contributed by atoms with Crippen LogP contribution in [0.3, 0.4) is 0 Å². The molecule has 0 atom stereocenters. The average Bonchev–Trinajstić information content (AvgIpc) is 3.74. The van der Waals surface area contributed by atoms with Crippen LogP contribution >= 0.6 is 0 Å². The van der Waals surface area contributed by atoms with E-state index < -0.39 is 0 Å². The first-order valence-electron chi connectivity index (χ1n) is 16.8. The van der Waals surface area contributed by atoms with Crippen LogP contribution in [-0.2, 0) is 0 Å². The highest BCUT2D eigenvalue weighted by Crippen LogP contribution is 2.38. The van der Waals surface area contributed by atoms with Gasteiger partial charge in [-0.2, -0.15) is 0 Å². The molecule has 0 aliphatic carbocycles. The van der Waals surface area contributed by atoms with Crippen LogP contribution in [0.4, 0.5) is 0 Å². The van der Waals surface area contributed by atoms with Gasteiger partial charge in [-0.3, -0.25) is 0 Å². The SMILES string of the molecule is c1ccc(-c2ccc(-c3cc(-c4cccc(-n5c6ccccc6c6ccccc65)c4)nc(-c4cccc5c4oc4ccccc45)n3)cc2)cc1. The Labute approximate surface area is 288 Å². The number of rotatable bonds is 5. The molecule has 0 aliphatic heterocycles. The molecule has 0 N–H and O–H groups in total. The van der Waals surface area contributed by atoms with E-state index in [-0.39, 0.29) is 0 Å². The molecule has 4 nitrogen and oxygen atoms in total. The molecule has 10 rings (SSSR count). The van der Waals surface area contributed by atoms with Crippen LogP contribution in [0.1, 0.15) is 0 Å². The van der Waals surface area contributed by atoms with Crippen molar-refractivity contribution >= 4 is 43.7 Å². The average molecular weight is 640 g/mol. The minimum absolute atomic E-state index is 0.622. The highest BCUT2D eigenvalue weighted by Gasteiger charge is 2.18. The Balaban J connectivity index is 1.17. The fraction of sp³-hybridized carbons (Fsp3) is 0. The molecule has 0 radical (unpaired) electrons. The third kappa shape index (κ3) is 4.61. The van der Waals surface area contributed by atoms with Crippen molar-refractivity contribution in [2.24, 2.45) is 0 Å². The van der Waals surface area contributed by atoms with E-state index in [0.717, 1.165) is 61.3 Å². The van der Waals surface area contributed by atoms with Gasteiger partial charge >= 0.3 is 0 Å². The maximum absolute atomic E-state index is 6.46. The number of hydrogen-bond donors (Lipinski definition) is 0. The van der Waals surface area contributed by atoms with Crippen molar-refractivity contribution in [2.75, 3.05) is 0 Å². The Bertz CT molecular complexity index is 2810. The lowest BCUT2D eigenvalue weighted by Crippen LogP contribution is -1.98. The first kappa shape index (κ1) is 28.3. The Morgan fingerprint density at radius 2 is 0.960 bits per heavy atom. The summed E-state index contributed by atoms with van der Waals surface area (Å²) in [7, 11) is 0. The van der Waals surface area contributed by atoms with Crippen LogP contribution in [0.2, 0.25) is 0 Å². The van der Waals surface area contributed by atoms with E-state index in [1.165, 1.54) is 27.4 Å². The molecule has 0 unspecified atom stereocenters. The molecule has 3 aromatic heterocycles. The lowest BCUT2D eigenvalue weighted by Gasteiger charge is -2.12. The fourth-order valence-corrected chi connectivity index (χ4v) is 7.26. The van der Waals surface area contributed by atoms with Gasteiger partial charge in [0, 0.05) is 38.4 Å². The molecule has 234 valence electrons. The summed E-state index contributed by atoms with van der Waals surface area (Å²) in [5.41, 5.74) is 12.0. The van der Waals surface area contributed by atoms with Crippen molar-refractivity contribution in [3.05, 3.63) is 176 Å². The maximum atomic E-state index is 6.46. The zero-order chi connectivity index (χ0) is 33.0. The first-order valence-corrected chi connectivity index (χ1v) is 16.8. The summed E-state index contributed by atoms with van der Waals surface area (Å²) in [5.74, 6) is 0.622. The van der Waals surface area contributed by atoms with E-state index in [9.17, 15) is 0 Å². The second-order valence-corrected chi connectivity index (χ2v) is 12.6. The second-order valence-electron chi connectivity index (χ2n) is 12.6. The van der Waals surface area contributed by atoms with Gasteiger partial charge in [0.2, 0.25) is 0 Å². The smallest absolute Gasteiger partial charge is 0.164 e. The molecule has 0 aliphatic rings. The molecule has 0 bridgehead atoms. The molecule has 10 aromatic rings. The van der Waals surface area contributed by atoms with Gasteiger partial charge in [-0.15, -0.1) is 0 Å². The molecule has 50 heavy (non-hydrogen) atoms. The maximum Gasteiger partial charge on any atom is 0.164 e. The van der Waals surface area contributed by atoms with Crippen molar-refractivity contribution in [2.45, 2.75) is 0 Å². The van der Waals surface area contributed by atoms with Crippen LogP contribution < -0.4 is 0 Å². The molecule has 7 aromatic carbocycles. The summed E-state index contributed by atoms with van der Waals surface area (Å²) in [4.78, 5) is 10.5. The quantitative estimate of drug-likeness (QED) is 0.188. The number of nitrogens with zero attached hydrogens (tertiary/aromatic N) is 3. The standard InChI is InChI=1S/C46H29N3O/c1-2-12-30(13-3-1)31-24-26-32(27-25-31)40-29-41(48-46(47-40)39-20-11-19-38-37-18-6-9-23-44(37)50-45(38)39)33-14-10-15-34(28-33)49-42-21-7-4-16-35(42)36-17-5-8-22-43(36)49/h1-29H. The molecule has 0 spiro atoms. The normalized spacial score (nSPS) is 11.6. The third-order valence-electron chi connectivity index (χ3n) is 9.64. The van der Waals surface area contributed by atoms with E-state index >= 15 is 0 Å². The lowest BCUT2D eigenvalue weighted by atomic mass is 10.0. The van der Waals surface area contributed by atoms with Gasteiger partial charge in [-0.1, -0.05) is 133 Å². The van der Waals surface area contributed by atoms with E-state index in [0.29, 0.717) is 5.82 Å². The number of furan rings is 1. The summed E-state index contributed by atoms with van der Waals surface area (Å²) in [6.45, 7) is 0. The zero-order valence-corrected chi connectivity index (χ0v) is 27.0. The van der Waals surface area contributed by atoms with Crippen LogP contribution in [0.5, 0.6) is 0 Å². The van der Waals surface area contributed by atoms with E-state index in [4.69, 9.17) is 14.4 Å². The van der Waals surface area contributed by atoms with Gasteiger partial charge < -0.3 is 8.98 Å². The summed E-state index contributed by atoms with van der Waals surface area (Å²) >= 11 is 0. The monoisotopic (exact) mass is 639 g/mol.